The molecule has 202 valence electrons. The Morgan fingerprint density at radius 1 is 0.525 bits per heavy atom. The first kappa shape index (κ1) is 27.8. The number of hydrogen-bond acceptors (Lipinski definition) is 6. The molecule has 0 saturated carbocycles. The molecule has 2 N–H and O–H groups in total. The number of amides is 2. The Morgan fingerprint density at radius 3 is 1.30 bits per heavy atom. The molecule has 0 spiro atoms. The van der Waals surface area contributed by atoms with Gasteiger partial charge in [-0.1, -0.05) is 60.7 Å². The third kappa shape index (κ3) is 6.60. The lowest BCUT2D eigenvalue weighted by Crippen LogP contribution is -2.17. The first-order chi connectivity index (χ1) is 19.4. The molecule has 0 atom stereocenters. The van der Waals surface area contributed by atoms with Gasteiger partial charge in [-0.05, 0) is 38.1 Å². The standard InChI is InChI=1S/C32H28N2O6/c1-3-39-27-20-26(28(40-4-2)19-25(27)33-31(37)23-13-9-6-10-14-23)34-32(38)24-17-15-22(16-18-24)30(36)29(35)21-11-7-5-8-12-21/h5-20H,3-4H2,1-2H3,(H,33,37)(H,34,38). The van der Waals surface area contributed by atoms with Gasteiger partial charge in [0.1, 0.15) is 11.5 Å². The average Bonchev–Trinajstić information content (AvgIpc) is 2.99. The van der Waals surface area contributed by atoms with Gasteiger partial charge in [0.15, 0.2) is 0 Å². The lowest BCUT2D eigenvalue weighted by atomic mass is 10.0. The van der Waals surface area contributed by atoms with Gasteiger partial charge in [-0.2, -0.15) is 0 Å². The van der Waals surface area contributed by atoms with Crippen LogP contribution in [0.1, 0.15) is 55.3 Å². The number of Topliss-reactive ketones (excluding diaryl/α,β-unsaturated/α-hetero) is 2. The zero-order chi connectivity index (χ0) is 28.5. The Hall–Kier alpha value is -5.24. The molecule has 4 aromatic carbocycles. The van der Waals surface area contributed by atoms with Gasteiger partial charge in [-0.25, -0.2) is 0 Å². The van der Waals surface area contributed by atoms with Crippen molar-refractivity contribution >= 4 is 34.8 Å². The van der Waals surface area contributed by atoms with Crippen LogP contribution in [0.15, 0.2) is 97.1 Å². The first-order valence-corrected chi connectivity index (χ1v) is 12.8. The van der Waals surface area contributed by atoms with Crippen molar-refractivity contribution in [2.45, 2.75) is 13.8 Å². The SMILES string of the molecule is CCOc1cc(NC(=O)c2ccc(C(=O)C(=O)c3ccccc3)cc2)c(OCC)cc1NC(=O)c1ccccc1. The van der Waals surface area contributed by atoms with Gasteiger partial charge in [-0.3, -0.25) is 19.2 Å². The molecule has 40 heavy (non-hydrogen) atoms. The van der Waals surface area contributed by atoms with E-state index in [1.165, 1.54) is 24.3 Å². The summed E-state index contributed by atoms with van der Waals surface area (Å²) in [6.07, 6.45) is 0. The highest BCUT2D eigenvalue weighted by atomic mass is 16.5. The van der Waals surface area contributed by atoms with E-state index >= 15 is 0 Å². The van der Waals surface area contributed by atoms with E-state index in [0.29, 0.717) is 47.2 Å². The summed E-state index contributed by atoms with van der Waals surface area (Å²) in [5, 5.41) is 5.66. The van der Waals surface area contributed by atoms with E-state index in [9.17, 15) is 19.2 Å². The molecule has 0 bridgehead atoms. The second kappa shape index (κ2) is 13.0. The summed E-state index contributed by atoms with van der Waals surface area (Å²) < 4.78 is 11.5. The van der Waals surface area contributed by atoms with Gasteiger partial charge in [0.05, 0.1) is 24.6 Å². The lowest BCUT2D eigenvalue weighted by Gasteiger charge is -2.18. The number of ether oxygens (including phenoxy) is 2. The van der Waals surface area contributed by atoms with Crippen molar-refractivity contribution in [3.8, 4) is 11.5 Å². The van der Waals surface area contributed by atoms with Crippen LogP contribution in [0.25, 0.3) is 0 Å². The number of carbonyl (C=O) groups is 4. The predicted octanol–water partition coefficient (Wildman–Crippen LogP) is 6.05. The molecule has 0 aliphatic heterocycles. The van der Waals surface area contributed by atoms with Crippen molar-refractivity contribution in [1.82, 2.24) is 0 Å². The fraction of sp³-hybridized carbons (Fsp3) is 0.125. The van der Waals surface area contributed by atoms with E-state index in [-0.39, 0.29) is 17.0 Å². The minimum Gasteiger partial charge on any atom is -0.492 e. The molecule has 0 aliphatic carbocycles. The van der Waals surface area contributed by atoms with E-state index in [0.717, 1.165) is 0 Å². The Labute approximate surface area is 231 Å². The number of anilines is 2. The number of benzene rings is 4. The Kier molecular flexibility index (Phi) is 9.04. The van der Waals surface area contributed by atoms with Crippen LogP contribution in [0, 0.1) is 0 Å². The summed E-state index contributed by atoms with van der Waals surface area (Å²) in [5.74, 6) is -1.37. The van der Waals surface area contributed by atoms with Crippen LogP contribution < -0.4 is 20.1 Å². The minimum atomic E-state index is -0.661. The second-order valence-corrected chi connectivity index (χ2v) is 8.59. The molecular weight excluding hydrogens is 508 g/mol. The summed E-state index contributed by atoms with van der Waals surface area (Å²) in [7, 11) is 0. The van der Waals surface area contributed by atoms with Gasteiger partial charge in [0.2, 0.25) is 11.6 Å². The predicted molar refractivity (Wildman–Crippen MR) is 153 cm³/mol. The van der Waals surface area contributed by atoms with Gasteiger partial charge in [-0.15, -0.1) is 0 Å². The van der Waals surface area contributed by atoms with Crippen LogP contribution in [-0.4, -0.2) is 36.6 Å². The van der Waals surface area contributed by atoms with Crippen molar-refractivity contribution in [3.05, 3.63) is 119 Å². The molecule has 0 aliphatic rings. The molecule has 4 rings (SSSR count). The van der Waals surface area contributed by atoms with E-state index < -0.39 is 17.5 Å². The fourth-order valence-electron chi connectivity index (χ4n) is 3.91. The topological polar surface area (TPSA) is 111 Å². The Morgan fingerprint density at radius 2 is 0.875 bits per heavy atom. The zero-order valence-electron chi connectivity index (χ0n) is 22.1. The van der Waals surface area contributed by atoms with Gasteiger partial charge in [0.25, 0.3) is 11.8 Å². The number of ketones is 2. The van der Waals surface area contributed by atoms with Crippen molar-refractivity contribution in [2.24, 2.45) is 0 Å². The van der Waals surface area contributed by atoms with Crippen LogP contribution in [0.4, 0.5) is 11.4 Å². The molecule has 0 radical (unpaired) electrons. The smallest absolute Gasteiger partial charge is 0.255 e. The molecule has 0 aromatic heterocycles. The third-order valence-corrected chi connectivity index (χ3v) is 5.87. The average molecular weight is 537 g/mol. The van der Waals surface area contributed by atoms with Crippen molar-refractivity contribution in [3.63, 3.8) is 0 Å². The summed E-state index contributed by atoms with van der Waals surface area (Å²) in [5.41, 5.74) is 1.96. The number of nitrogens with one attached hydrogen (secondary N) is 2. The number of carbonyl (C=O) groups excluding carboxylic acids is 4. The Balaban J connectivity index is 1.54. The largest absolute Gasteiger partial charge is 0.492 e. The number of hydrogen-bond donors (Lipinski definition) is 2. The van der Waals surface area contributed by atoms with Crippen molar-refractivity contribution < 1.29 is 28.7 Å². The summed E-state index contributed by atoms with van der Waals surface area (Å²) in [4.78, 5) is 51.0. The summed E-state index contributed by atoms with van der Waals surface area (Å²) in [6, 6.07) is 26.1. The van der Waals surface area contributed by atoms with Crippen molar-refractivity contribution in [1.29, 1.82) is 0 Å². The second-order valence-electron chi connectivity index (χ2n) is 8.59. The maximum Gasteiger partial charge on any atom is 0.255 e. The first-order valence-electron chi connectivity index (χ1n) is 12.8. The maximum atomic E-state index is 13.1. The molecule has 0 unspecified atom stereocenters. The quantitative estimate of drug-likeness (QED) is 0.178. The molecule has 0 fully saturated rings. The lowest BCUT2D eigenvalue weighted by molar-refractivity contribution is 0.0817. The van der Waals surface area contributed by atoms with Crippen LogP contribution in [0.5, 0.6) is 11.5 Å². The highest BCUT2D eigenvalue weighted by Gasteiger charge is 2.20. The maximum absolute atomic E-state index is 13.1. The minimum absolute atomic E-state index is 0.178. The van der Waals surface area contributed by atoms with Crippen LogP contribution in [0.3, 0.4) is 0 Å². The van der Waals surface area contributed by atoms with E-state index in [1.54, 1.807) is 73.7 Å². The summed E-state index contributed by atoms with van der Waals surface area (Å²) >= 11 is 0. The fourth-order valence-corrected chi connectivity index (χ4v) is 3.91. The third-order valence-electron chi connectivity index (χ3n) is 5.87. The van der Waals surface area contributed by atoms with Crippen LogP contribution in [-0.2, 0) is 0 Å². The van der Waals surface area contributed by atoms with E-state index in [2.05, 4.69) is 10.6 Å². The molecular formula is C32H28N2O6. The molecule has 8 nitrogen and oxygen atoms in total. The van der Waals surface area contributed by atoms with Crippen molar-refractivity contribution in [2.75, 3.05) is 23.8 Å². The molecule has 4 aromatic rings. The normalized spacial score (nSPS) is 10.3. The van der Waals surface area contributed by atoms with Gasteiger partial charge >= 0.3 is 0 Å². The molecule has 0 heterocycles. The number of rotatable bonds is 11. The monoisotopic (exact) mass is 536 g/mol. The van der Waals surface area contributed by atoms with Gasteiger partial charge in [0, 0.05) is 34.4 Å². The van der Waals surface area contributed by atoms with Crippen LogP contribution in [0.2, 0.25) is 0 Å². The highest BCUT2D eigenvalue weighted by molar-refractivity contribution is 6.49. The molecule has 8 heteroatoms. The van der Waals surface area contributed by atoms with E-state index in [4.69, 9.17) is 9.47 Å². The summed E-state index contributed by atoms with van der Waals surface area (Å²) in [6.45, 7) is 4.25. The highest BCUT2D eigenvalue weighted by Crippen LogP contribution is 2.37. The zero-order valence-corrected chi connectivity index (χ0v) is 22.1. The molecule has 0 saturated heterocycles. The van der Waals surface area contributed by atoms with E-state index in [1.807, 2.05) is 13.0 Å². The Bertz CT molecular complexity index is 1520. The van der Waals surface area contributed by atoms with Crippen LogP contribution >= 0.6 is 0 Å². The van der Waals surface area contributed by atoms with Gasteiger partial charge < -0.3 is 20.1 Å². The molecule has 2 amide bonds.